The largest absolute Gasteiger partial charge is 0.486 e. The number of nitrogens with zero attached hydrogens (tertiary/aromatic N) is 1. The average Bonchev–Trinajstić information content (AvgIpc) is 3.08. The number of anilines is 1. The van der Waals surface area contributed by atoms with Crippen LogP contribution in [0.1, 0.15) is 24.5 Å². The lowest BCUT2D eigenvalue weighted by molar-refractivity contribution is -0.115. The topological polar surface area (TPSA) is 77.5 Å². The Morgan fingerprint density at radius 3 is 2.84 bits per heavy atom. The van der Waals surface area contributed by atoms with Gasteiger partial charge >= 0.3 is 0 Å². The second kappa shape index (κ2) is 7.97. The molecule has 2 heterocycles. The lowest BCUT2D eigenvalue weighted by atomic mass is 10.2. The van der Waals surface area contributed by atoms with Crippen molar-refractivity contribution in [2.45, 2.75) is 31.3 Å². The quantitative estimate of drug-likeness (QED) is 0.834. The van der Waals surface area contributed by atoms with Crippen LogP contribution >= 0.6 is 11.3 Å². The first kappa shape index (κ1) is 17.9. The zero-order valence-electron chi connectivity index (χ0n) is 14.1. The number of hydrogen-bond acceptors (Lipinski definition) is 6. The van der Waals surface area contributed by atoms with Gasteiger partial charge in [0.05, 0.1) is 16.5 Å². The zero-order chi connectivity index (χ0) is 17.8. The summed E-state index contributed by atoms with van der Waals surface area (Å²) in [5, 5.41) is 5.07. The van der Waals surface area contributed by atoms with Crippen LogP contribution in [0.4, 0.5) is 5.69 Å². The number of ether oxygens (including phenoxy) is 2. The van der Waals surface area contributed by atoms with Crippen LogP contribution < -0.4 is 14.8 Å². The Labute approximate surface area is 153 Å². The van der Waals surface area contributed by atoms with Gasteiger partial charge in [0.15, 0.2) is 11.5 Å². The highest BCUT2D eigenvalue weighted by Gasteiger charge is 2.22. The van der Waals surface area contributed by atoms with Crippen molar-refractivity contribution in [3.05, 3.63) is 34.3 Å². The standard InChI is InChI=1S/C17H20N2O4S2/c1-3-16-18-13(9-24-16)10-25(21)11(2)17(20)19-12-4-5-14-15(8-12)23-7-6-22-14/h4-5,8-9,11H,3,6-7,10H2,1-2H3,(H,19,20). The molecule has 0 bridgehead atoms. The molecule has 2 aromatic rings. The van der Waals surface area contributed by atoms with Crippen LogP contribution in [0.2, 0.25) is 0 Å². The molecule has 1 aromatic carbocycles. The van der Waals surface area contributed by atoms with Crippen LogP contribution in [0, 0.1) is 0 Å². The maximum atomic E-state index is 12.4. The smallest absolute Gasteiger partial charge is 0.239 e. The number of thiazole rings is 1. The lowest BCUT2D eigenvalue weighted by Crippen LogP contribution is -2.29. The second-order valence-corrected chi connectivity index (χ2v) is 8.30. The highest BCUT2D eigenvalue weighted by Crippen LogP contribution is 2.32. The van der Waals surface area contributed by atoms with E-state index in [-0.39, 0.29) is 11.7 Å². The fourth-order valence-electron chi connectivity index (χ4n) is 2.33. The van der Waals surface area contributed by atoms with E-state index in [0.717, 1.165) is 17.1 Å². The summed E-state index contributed by atoms with van der Waals surface area (Å²) >= 11 is 1.56. The van der Waals surface area contributed by atoms with Crippen molar-refractivity contribution < 1.29 is 18.5 Å². The van der Waals surface area contributed by atoms with Crippen LogP contribution in [0.15, 0.2) is 23.6 Å². The minimum Gasteiger partial charge on any atom is -0.486 e. The predicted molar refractivity (Wildman–Crippen MR) is 98.9 cm³/mol. The number of aromatic nitrogens is 1. The van der Waals surface area contributed by atoms with E-state index in [1.54, 1.807) is 36.5 Å². The molecule has 0 saturated carbocycles. The van der Waals surface area contributed by atoms with Gasteiger partial charge in [-0.15, -0.1) is 11.3 Å². The van der Waals surface area contributed by atoms with E-state index in [9.17, 15) is 9.00 Å². The van der Waals surface area contributed by atoms with Crippen LogP contribution in [-0.4, -0.2) is 33.6 Å². The molecular weight excluding hydrogens is 360 g/mol. The van der Waals surface area contributed by atoms with Crippen molar-refractivity contribution in [2.24, 2.45) is 0 Å². The monoisotopic (exact) mass is 380 g/mol. The molecule has 134 valence electrons. The Balaban J connectivity index is 1.61. The number of amides is 1. The molecule has 2 unspecified atom stereocenters. The molecule has 1 aromatic heterocycles. The minimum absolute atomic E-state index is 0.284. The third-order valence-electron chi connectivity index (χ3n) is 3.77. The highest BCUT2D eigenvalue weighted by molar-refractivity contribution is 7.85. The maximum Gasteiger partial charge on any atom is 0.239 e. The number of fused-ring (bicyclic) bond motifs is 1. The molecule has 1 amide bonds. The van der Waals surface area contributed by atoms with Crippen molar-refractivity contribution in [2.75, 3.05) is 18.5 Å². The van der Waals surface area contributed by atoms with Gasteiger partial charge in [-0.2, -0.15) is 0 Å². The van der Waals surface area contributed by atoms with E-state index in [1.807, 2.05) is 12.3 Å². The Morgan fingerprint density at radius 2 is 2.12 bits per heavy atom. The average molecular weight is 380 g/mol. The van der Waals surface area contributed by atoms with Gasteiger partial charge in [-0.05, 0) is 25.5 Å². The van der Waals surface area contributed by atoms with Gasteiger partial charge in [-0.25, -0.2) is 4.98 Å². The summed E-state index contributed by atoms with van der Waals surface area (Å²) in [5.74, 6) is 1.26. The molecular formula is C17H20N2O4S2. The van der Waals surface area contributed by atoms with Crippen molar-refractivity contribution in [1.29, 1.82) is 0 Å². The van der Waals surface area contributed by atoms with Gasteiger partial charge in [-0.3, -0.25) is 9.00 Å². The van der Waals surface area contributed by atoms with E-state index in [1.165, 1.54) is 0 Å². The van der Waals surface area contributed by atoms with E-state index < -0.39 is 16.0 Å². The second-order valence-electron chi connectivity index (χ2n) is 5.60. The van der Waals surface area contributed by atoms with E-state index >= 15 is 0 Å². The number of nitrogens with one attached hydrogen (secondary N) is 1. The number of carbonyl (C=O) groups is 1. The molecule has 6 nitrogen and oxygen atoms in total. The lowest BCUT2D eigenvalue weighted by Gasteiger charge is -2.19. The van der Waals surface area contributed by atoms with Crippen molar-refractivity contribution in [1.82, 2.24) is 4.98 Å². The molecule has 0 fully saturated rings. The van der Waals surface area contributed by atoms with Gasteiger partial charge < -0.3 is 14.8 Å². The summed E-state index contributed by atoms with van der Waals surface area (Å²) in [7, 11) is -1.33. The molecule has 0 spiro atoms. The molecule has 25 heavy (non-hydrogen) atoms. The van der Waals surface area contributed by atoms with Crippen LogP contribution in [0.3, 0.4) is 0 Å². The Morgan fingerprint density at radius 1 is 1.36 bits per heavy atom. The predicted octanol–water partition coefficient (Wildman–Crippen LogP) is 2.75. The Hall–Kier alpha value is -1.93. The number of aryl methyl sites for hydroxylation is 1. The molecule has 2 atom stereocenters. The number of rotatable bonds is 6. The molecule has 0 saturated heterocycles. The number of hydrogen-bond donors (Lipinski definition) is 1. The van der Waals surface area contributed by atoms with Crippen LogP contribution in [-0.2, 0) is 27.8 Å². The summed E-state index contributed by atoms with van der Waals surface area (Å²) in [4.78, 5) is 16.8. The van der Waals surface area contributed by atoms with Gasteiger partial charge in [-0.1, -0.05) is 6.92 Å². The zero-order valence-corrected chi connectivity index (χ0v) is 15.7. The van der Waals surface area contributed by atoms with E-state index in [0.29, 0.717) is 30.4 Å². The fraction of sp³-hybridized carbons (Fsp3) is 0.412. The first-order chi connectivity index (χ1) is 12.1. The molecule has 1 aliphatic rings. The van der Waals surface area contributed by atoms with Gasteiger partial charge in [0, 0.05) is 27.9 Å². The van der Waals surface area contributed by atoms with Gasteiger partial charge in [0.1, 0.15) is 18.5 Å². The summed E-state index contributed by atoms with van der Waals surface area (Å²) in [5.41, 5.74) is 1.37. The first-order valence-corrected chi connectivity index (χ1v) is 10.3. The summed E-state index contributed by atoms with van der Waals surface area (Å²) in [6.07, 6.45) is 0.859. The summed E-state index contributed by atoms with van der Waals surface area (Å²) < 4.78 is 23.4. The minimum atomic E-state index is -1.33. The van der Waals surface area contributed by atoms with Crippen LogP contribution in [0.5, 0.6) is 11.5 Å². The Bertz CT molecular complexity index is 791. The maximum absolute atomic E-state index is 12.4. The van der Waals surface area contributed by atoms with Gasteiger partial charge in [0.25, 0.3) is 0 Å². The van der Waals surface area contributed by atoms with E-state index in [2.05, 4.69) is 10.3 Å². The molecule has 8 heteroatoms. The molecule has 3 rings (SSSR count). The van der Waals surface area contributed by atoms with Crippen molar-refractivity contribution in [3.8, 4) is 11.5 Å². The third-order valence-corrected chi connectivity index (χ3v) is 6.39. The molecule has 0 aliphatic carbocycles. The SMILES string of the molecule is CCc1nc(CS(=O)C(C)C(=O)Nc2ccc3c(c2)OCCO3)cs1. The van der Waals surface area contributed by atoms with Crippen molar-refractivity contribution >= 4 is 33.7 Å². The van der Waals surface area contributed by atoms with Gasteiger partial charge in [0.2, 0.25) is 5.91 Å². The first-order valence-electron chi connectivity index (χ1n) is 8.07. The fourth-order valence-corrected chi connectivity index (χ4v) is 4.17. The number of carbonyl (C=O) groups excluding carboxylic acids is 1. The van der Waals surface area contributed by atoms with Crippen LogP contribution in [0.25, 0.3) is 0 Å². The normalized spacial score (nSPS) is 15.4. The molecule has 1 aliphatic heterocycles. The van der Waals surface area contributed by atoms with E-state index in [4.69, 9.17) is 9.47 Å². The highest BCUT2D eigenvalue weighted by atomic mass is 32.2. The van der Waals surface area contributed by atoms with Crippen molar-refractivity contribution in [3.63, 3.8) is 0 Å². The molecule has 1 N–H and O–H groups in total. The Kier molecular flexibility index (Phi) is 5.70. The summed E-state index contributed by atoms with van der Waals surface area (Å²) in [6.45, 7) is 4.70. The molecule has 0 radical (unpaired) electrons. The number of benzene rings is 1. The third kappa shape index (κ3) is 4.38. The summed E-state index contributed by atoms with van der Waals surface area (Å²) in [6, 6.07) is 5.22.